The van der Waals surface area contributed by atoms with Crippen molar-refractivity contribution in [3.63, 3.8) is 0 Å². The fourth-order valence-electron chi connectivity index (χ4n) is 4.01. The number of ether oxygens (including phenoxy) is 1. The maximum atomic E-state index is 6.12. The number of nitrogens with zero attached hydrogens (tertiary/aromatic N) is 2. The highest BCUT2D eigenvalue weighted by Gasteiger charge is 2.28. The van der Waals surface area contributed by atoms with Crippen molar-refractivity contribution in [2.24, 2.45) is 0 Å². The molecule has 0 bridgehead atoms. The van der Waals surface area contributed by atoms with Crippen molar-refractivity contribution in [3.8, 4) is 5.88 Å². The molecule has 2 aliphatic rings. The first-order valence-corrected chi connectivity index (χ1v) is 9.38. The predicted molar refractivity (Wildman–Crippen MR) is 98.8 cm³/mol. The first-order chi connectivity index (χ1) is 12.3. The Balaban J connectivity index is 1.60. The highest BCUT2D eigenvalue weighted by atomic mass is 16.5. The van der Waals surface area contributed by atoms with Gasteiger partial charge in [-0.2, -0.15) is 4.98 Å². The van der Waals surface area contributed by atoms with Crippen molar-refractivity contribution in [2.45, 2.75) is 50.5 Å². The van der Waals surface area contributed by atoms with E-state index in [9.17, 15) is 0 Å². The van der Waals surface area contributed by atoms with Gasteiger partial charge in [-0.15, -0.1) is 0 Å². The Labute approximate surface area is 149 Å². The maximum absolute atomic E-state index is 6.12. The van der Waals surface area contributed by atoms with E-state index in [1.54, 1.807) is 0 Å². The van der Waals surface area contributed by atoms with Gasteiger partial charge >= 0.3 is 0 Å². The lowest BCUT2D eigenvalue weighted by atomic mass is 9.82. The molecule has 0 spiro atoms. The number of fused-ring (bicyclic) bond motifs is 1. The van der Waals surface area contributed by atoms with Gasteiger partial charge in [0, 0.05) is 17.5 Å². The largest absolute Gasteiger partial charge is 0.476 e. The van der Waals surface area contributed by atoms with Crippen LogP contribution in [0.3, 0.4) is 0 Å². The zero-order valence-electron chi connectivity index (χ0n) is 14.6. The second-order valence-electron chi connectivity index (χ2n) is 7.06. The Morgan fingerprint density at radius 3 is 2.76 bits per heavy atom. The van der Waals surface area contributed by atoms with Crippen LogP contribution in [-0.4, -0.2) is 29.2 Å². The summed E-state index contributed by atoms with van der Waals surface area (Å²) >= 11 is 0. The molecule has 1 aromatic heterocycles. The van der Waals surface area contributed by atoms with Crippen LogP contribution in [0.4, 0.5) is 5.95 Å². The average molecular weight is 338 g/mol. The molecule has 1 aliphatic carbocycles. The molecule has 2 heterocycles. The molecule has 2 aromatic rings. The molecule has 1 aromatic carbocycles. The minimum atomic E-state index is 0.283. The number of hydrogen-bond donors (Lipinski definition) is 2. The van der Waals surface area contributed by atoms with E-state index >= 15 is 0 Å². The maximum Gasteiger partial charge on any atom is 0.223 e. The summed E-state index contributed by atoms with van der Waals surface area (Å²) in [6.45, 7) is 1.73. The molecular weight excluding hydrogens is 312 g/mol. The van der Waals surface area contributed by atoms with Gasteiger partial charge in [0.05, 0.1) is 5.69 Å². The highest BCUT2D eigenvalue weighted by molar-refractivity contribution is 5.43. The summed E-state index contributed by atoms with van der Waals surface area (Å²) in [6.07, 6.45) is 6.86. The van der Waals surface area contributed by atoms with Crippen LogP contribution in [0.25, 0.3) is 0 Å². The van der Waals surface area contributed by atoms with Crippen LogP contribution in [0.1, 0.15) is 54.8 Å². The monoisotopic (exact) mass is 338 g/mol. The van der Waals surface area contributed by atoms with E-state index < -0.39 is 0 Å². The van der Waals surface area contributed by atoms with Crippen LogP contribution in [-0.2, 0) is 6.42 Å². The topological polar surface area (TPSA) is 73.1 Å². The first-order valence-electron chi connectivity index (χ1n) is 9.38. The molecule has 2 unspecified atom stereocenters. The van der Waals surface area contributed by atoms with Gasteiger partial charge in [0.15, 0.2) is 0 Å². The van der Waals surface area contributed by atoms with Gasteiger partial charge in [0.25, 0.3) is 0 Å². The summed E-state index contributed by atoms with van der Waals surface area (Å²) in [5, 5.41) is 3.52. The molecular formula is C20H26N4O. The van der Waals surface area contributed by atoms with Crippen LogP contribution >= 0.6 is 0 Å². The standard InChI is InChI=1S/C20H26N4O/c21-20-23-18-16(14-7-2-1-3-8-14)10-6-11-17(18)19(24-20)25-13-15-9-4-5-12-22-15/h1-3,7-8,15-16,22H,4-6,9-13H2,(H2,21,23,24). The number of rotatable bonds is 4. The Bertz CT molecular complexity index is 713. The number of piperidine rings is 1. The lowest BCUT2D eigenvalue weighted by molar-refractivity contribution is 0.229. The third-order valence-corrected chi connectivity index (χ3v) is 5.30. The van der Waals surface area contributed by atoms with E-state index in [-0.39, 0.29) is 5.92 Å². The van der Waals surface area contributed by atoms with Crippen molar-refractivity contribution in [3.05, 3.63) is 47.2 Å². The number of nitrogen functional groups attached to an aromatic ring is 1. The Hall–Kier alpha value is -2.14. The molecule has 2 atom stereocenters. The molecule has 0 amide bonds. The lowest BCUT2D eigenvalue weighted by Crippen LogP contribution is -2.38. The fourth-order valence-corrected chi connectivity index (χ4v) is 4.01. The number of nitrogens with two attached hydrogens (primary N) is 1. The van der Waals surface area contributed by atoms with Gasteiger partial charge in [-0.3, -0.25) is 0 Å². The van der Waals surface area contributed by atoms with Gasteiger partial charge in [-0.1, -0.05) is 36.8 Å². The average Bonchev–Trinajstić information content (AvgIpc) is 2.67. The molecule has 5 heteroatoms. The summed E-state index contributed by atoms with van der Waals surface area (Å²) in [4.78, 5) is 9.01. The highest BCUT2D eigenvalue weighted by Crippen LogP contribution is 2.38. The number of nitrogens with one attached hydrogen (secondary N) is 1. The summed E-state index contributed by atoms with van der Waals surface area (Å²) < 4.78 is 6.12. The van der Waals surface area contributed by atoms with Crippen molar-refractivity contribution in [1.29, 1.82) is 0 Å². The Morgan fingerprint density at radius 1 is 1.08 bits per heavy atom. The third-order valence-electron chi connectivity index (χ3n) is 5.30. The minimum absolute atomic E-state index is 0.283. The molecule has 4 rings (SSSR count). The van der Waals surface area contributed by atoms with Crippen molar-refractivity contribution >= 4 is 5.95 Å². The number of anilines is 1. The van der Waals surface area contributed by atoms with Gasteiger partial charge in [0.2, 0.25) is 11.8 Å². The number of benzene rings is 1. The molecule has 1 saturated heterocycles. The quantitative estimate of drug-likeness (QED) is 0.896. The van der Waals surface area contributed by atoms with Crippen LogP contribution < -0.4 is 15.8 Å². The smallest absolute Gasteiger partial charge is 0.223 e. The van der Waals surface area contributed by atoms with Crippen molar-refractivity contribution in [2.75, 3.05) is 18.9 Å². The van der Waals surface area contributed by atoms with Crippen LogP contribution in [0.15, 0.2) is 30.3 Å². The first kappa shape index (κ1) is 16.3. The van der Waals surface area contributed by atoms with Gasteiger partial charge < -0.3 is 15.8 Å². The fraction of sp³-hybridized carbons (Fsp3) is 0.500. The molecule has 1 aliphatic heterocycles. The van der Waals surface area contributed by atoms with E-state index in [1.165, 1.54) is 18.4 Å². The molecule has 0 saturated carbocycles. The molecule has 3 N–H and O–H groups in total. The van der Waals surface area contributed by atoms with Crippen molar-refractivity contribution < 1.29 is 4.74 Å². The Kier molecular flexibility index (Phi) is 4.83. The van der Waals surface area contributed by atoms with Gasteiger partial charge in [-0.25, -0.2) is 4.98 Å². The second-order valence-corrected chi connectivity index (χ2v) is 7.06. The Morgan fingerprint density at radius 2 is 1.96 bits per heavy atom. The van der Waals surface area contributed by atoms with Gasteiger partial charge in [-0.05, 0) is 44.2 Å². The number of aromatic nitrogens is 2. The zero-order valence-corrected chi connectivity index (χ0v) is 14.6. The summed E-state index contributed by atoms with van der Waals surface area (Å²) in [5.41, 5.74) is 9.50. The molecule has 132 valence electrons. The van der Waals surface area contributed by atoms with Crippen LogP contribution in [0.5, 0.6) is 5.88 Å². The van der Waals surface area contributed by atoms with Gasteiger partial charge in [0.1, 0.15) is 6.61 Å². The van der Waals surface area contributed by atoms with E-state index in [0.717, 1.165) is 43.5 Å². The van der Waals surface area contributed by atoms with E-state index in [2.05, 4.69) is 39.6 Å². The predicted octanol–water partition coefficient (Wildman–Crippen LogP) is 3.05. The van der Waals surface area contributed by atoms with Crippen LogP contribution in [0.2, 0.25) is 0 Å². The minimum Gasteiger partial charge on any atom is -0.476 e. The van der Waals surface area contributed by atoms with Crippen molar-refractivity contribution in [1.82, 2.24) is 15.3 Å². The van der Waals surface area contributed by atoms with E-state index in [0.29, 0.717) is 24.5 Å². The van der Waals surface area contributed by atoms with Crippen LogP contribution in [0, 0.1) is 0 Å². The SMILES string of the molecule is Nc1nc(OCC2CCCCN2)c2c(n1)C(c1ccccc1)CCC2. The zero-order chi connectivity index (χ0) is 17.1. The molecule has 25 heavy (non-hydrogen) atoms. The summed E-state index contributed by atoms with van der Waals surface area (Å²) in [5.74, 6) is 1.29. The lowest BCUT2D eigenvalue weighted by Gasteiger charge is -2.27. The molecule has 0 radical (unpaired) electrons. The molecule has 5 nitrogen and oxygen atoms in total. The van der Waals surface area contributed by atoms with E-state index in [4.69, 9.17) is 10.5 Å². The number of hydrogen-bond acceptors (Lipinski definition) is 5. The second kappa shape index (κ2) is 7.40. The summed E-state index contributed by atoms with van der Waals surface area (Å²) in [6, 6.07) is 11.0. The molecule has 1 fully saturated rings. The third kappa shape index (κ3) is 3.61. The van der Waals surface area contributed by atoms with E-state index in [1.807, 2.05) is 6.07 Å². The normalized spacial score (nSPS) is 23.0. The summed E-state index contributed by atoms with van der Waals surface area (Å²) in [7, 11) is 0.